The summed E-state index contributed by atoms with van der Waals surface area (Å²) in [4.78, 5) is 11.9. The molecule has 0 aliphatic carbocycles. The van der Waals surface area contributed by atoms with Gasteiger partial charge in [0.2, 0.25) is 0 Å². The fourth-order valence-electron chi connectivity index (χ4n) is 1.71. The predicted molar refractivity (Wildman–Crippen MR) is 88.9 cm³/mol. The molecule has 2 rings (SSSR count). The van der Waals surface area contributed by atoms with Crippen molar-refractivity contribution in [3.63, 3.8) is 0 Å². The third-order valence-corrected chi connectivity index (χ3v) is 3.53. The van der Waals surface area contributed by atoms with E-state index in [1.807, 2.05) is 25.1 Å². The second-order valence-corrected chi connectivity index (χ2v) is 5.83. The first kappa shape index (κ1) is 15.7. The summed E-state index contributed by atoms with van der Waals surface area (Å²) in [5.74, 6) is 0.368. The highest BCUT2D eigenvalue weighted by atomic mass is 79.9. The van der Waals surface area contributed by atoms with E-state index in [-0.39, 0.29) is 12.5 Å². The van der Waals surface area contributed by atoms with Gasteiger partial charge in [0.05, 0.1) is 11.4 Å². The summed E-state index contributed by atoms with van der Waals surface area (Å²) in [5, 5.41) is 3.20. The minimum atomic E-state index is -0.289. The molecule has 0 saturated heterocycles. The van der Waals surface area contributed by atoms with Crippen molar-refractivity contribution >= 4 is 44.8 Å². The van der Waals surface area contributed by atoms with E-state index in [0.717, 1.165) is 10.0 Å². The zero-order valence-electron chi connectivity index (χ0n) is 11.3. The van der Waals surface area contributed by atoms with Crippen molar-refractivity contribution in [2.45, 2.75) is 6.92 Å². The van der Waals surface area contributed by atoms with Crippen molar-refractivity contribution in [2.24, 2.45) is 0 Å². The summed E-state index contributed by atoms with van der Waals surface area (Å²) in [7, 11) is 0. The Morgan fingerprint density at radius 3 is 2.81 bits per heavy atom. The number of carbonyl (C=O) groups is 1. The largest absolute Gasteiger partial charge is 0.483 e. The molecule has 0 saturated carbocycles. The first-order valence-corrected chi connectivity index (χ1v) is 7.36. The third kappa shape index (κ3) is 4.37. The first-order valence-electron chi connectivity index (χ1n) is 6.19. The summed E-state index contributed by atoms with van der Waals surface area (Å²) in [5.41, 5.74) is 7.65. The van der Waals surface area contributed by atoms with Crippen molar-refractivity contribution in [3.05, 3.63) is 51.5 Å². The molecule has 0 aliphatic rings. The average molecular weight is 370 g/mol. The van der Waals surface area contributed by atoms with Gasteiger partial charge in [-0.05, 0) is 42.8 Å². The molecule has 110 valence electrons. The molecule has 0 unspecified atom stereocenters. The van der Waals surface area contributed by atoms with Crippen LogP contribution in [-0.4, -0.2) is 12.5 Å². The summed E-state index contributed by atoms with van der Waals surface area (Å²) in [6, 6.07) is 10.5. The number of aryl methyl sites for hydroxylation is 1. The number of hydrogen-bond acceptors (Lipinski definition) is 3. The van der Waals surface area contributed by atoms with Crippen LogP contribution in [0.25, 0.3) is 0 Å². The Balaban J connectivity index is 1.97. The van der Waals surface area contributed by atoms with E-state index in [1.165, 1.54) is 0 Å². The van der Waals surface area contributed by atoms with Gasteiger partial charge >= 0.3 is 0 Å². The molecule has 0 spiro atoms. The molecule has 0 bridgehead atoms. The fourth-order valence-corrected chi connectivity index (χ4v) is 2.23. The topological polar surface area (TPSA) is 64.3 Å². The van der Waals surface area contributed by atoms with Gasteiger partial charge in [-0.1, -0.05) is 33.6 Å². The number of hydrogen-bond donors (Lipinski definition) is 2. The van der Waals surface area contributed by atoms with Crippen LogP contribution in [0.1, 0.15) is 5.56 Å². The zero-order chi connectivity index (χ0) is 15.4. The van der Waals surface area contributed by atoms with Gasteiger partial charge in [0.15, 0.2) is 6.61 Å². The highest BCUT2D eigenvalue weighted by molar-refractivity contribution is 9.10. The van der Waals surface area contributed by atoms with Crippen molar-refractivity contribution in [2.75, 3.05) is 17.7 Å². The van der Waals surface area contributed by atoms with E-state index in [4.69, 9.17) is 22.1 Å². The number of carbonyl (C=O) groups excluding carboxylic acids is 1. The minimum absolute atomic E-state index is 0.0979. The van der Waals surface area contributed by atoms with Crippen LogP contribution in [0.2, 0.25) is 5.02 Å². The SMILES string of the molecule is Cc1ccc(Br)cc1OCC(=O)Nc1ccc(Cl)cc1N. The van der Waals surface area contributed by atoms with Gasteiger partial charge in [0.1, 0.15) is 5.75 Å². The molecule has 0 aromatic heterocycles. The predicted octanol–water partition coefficient (Wildman–Crippen LogP) is 4.01. The Morgan fingerprint density at radius 2 is 2.10 bits per heavy atom. The normalized spacial score (nSPS) is 10.2. The second kappa shape index (κ2) is 6.83. The summed E-state index contributed by atoms with van der Waals surface area (Å²) in [6.45, 7) is 1.82. The molecule has 0 heterocycles. The summed E-state index contributed by atoms with van der Waals surface area (Å²) >= 11 is 9.17. The molecule has 1 amide bonds. The lowest BCUT2D eigenvalue weighted by atomic mass is 10.2. The Morgan fingerprint density at radius 1 is 1.33 bits per heavy atom. The maximum absolute atomic E-state index is 11.9. The maximum atomic E-state index is 11.9. The lowest BCUT2D eigenvalue weighted by Gasteiger charge is -2.11. The number of ether oxygens (including phenoxy) is 1. The Kier molecular flexibility index (Phi) is 5.09. The van der Waals surface area contributed by atoms with Crippen LogP contribution in [0.3, 0.4) is 0 Å². The number of rotatable bonds is 4. The van der Waals surface area contributed by atoms with Gasteiger partial charge in [0, 0.05) is 9.50 Å². The number of nitrogens with two attached hydrogens (primary N) is 1. The van der Waals surface area contributed by atoms with E-state index < -0.39 is 0 Å². The van der Waals surface area contributed by atoms with Gasteiger partial charge in [-0.25, -0.2) is 0 Å². The van der Waals surface area contributed by atoms with Gasteiger partial charge in [-0.3, -0.25) is 4.79 Å². The van der Waals surface area contributed by atoms with Crippen LogP contribution in [0.5, 0.6) is 5.75 Å². The van der Waals surface area contributed by atoms with Gasteiger partial charge in [-0.15, -0.1) is 0 Å². The molecule has 2 aromatic carbocycles. The smallest absolute Gasteiger partial charge is 0.262 e. The fraction of sp³-hybridized carbons (Fsp3) is 0.133. The Hall–Kier alpha value is -1.72. The van der Waals surface area contributed by atoms with Gasteiger partial charge in [-0.2, -0.15) is 0 Å². The van der Waals surface area contributed by atoms with Crippen LogP contribution in [0.4, 0.5) is 11.4 Å². The van der Waals surface area contributed by atoms with Crippen molar-refractivity contribution < 1.29 is 9.53 Å². The van der Waals surface area contributed by atoms with Gasteiger partial charge < -0.3 is 15.8 Å². The van der Waals surface area contributed by atoms with E-state index in [9.17, 15) is 4.79 Å². The monoisotopic (exact) mass is 368 g/mol. The second-order valence-electron chi connectivity index (χ2n) is 4.48. The number of halogens is 2. The maximum Gasteiger partial charge on any atom is 0.262 e. The van der Waals surface area contributed by atoms with E-state index in [2.05, 4.69) is 21.2 Å². The minimum Gasteiger partial charge on any atom is -0.483 e. The van der Waals surface area contributed by atoms with Crippen molar-refractivity contribution in [1.29, 1.82) is 0 Å². The van der Waals surface area contributed by atoms with Crippen LogP contribution < -0.4 is 15.8 Å². The number of anilines is 2. The van der Waals surface area contributed by atoms with Crippen LogP contribution in [0.15, 0.2) is 40.9 Å². The zero-order valence-corrected chi connectivity index (χ0v) is 13.7. The van der Waals surface area contributed by atoms with Crippen molar-refractivity contribution in [1.82, 2.24) is 0 Å². The quantitative estimate of drug-likeness (QED) is 0.800. The van der Waals surface area contributed by atoms with Crippen LogP contribution in [0, 0.1) is 6.92 Å². The highest BCUT2D eigenvalue weighted by Crippen LogP contribution is 2.24. The van der Waals surface area contributed by atoms with Gasteiger partial charge in [0.25, 0.3) is 5.91 Å². The molecule has 0 atom stereocenters. The van der Waals surface area contributed by atoms with Crippen molar-refractivity contribution in [3.8, 4) is 5.75 Å². The molecule has 2 aromatic rings. The molecule has 6 heteroatoms. The standard InChI is InChI=1S/C15H14BrClN2O2/c1-9-2-3-10(16)6-14(9)21-8-15(20)19-13-5-4-11(17)7-12(13)18/h2-7H,8,18H2,1H3,(H,19,20). The number of benzene rings is 2. The Bertz CT molecular complexity index is 677. The molecule has 0 aliphatic heterocycles. The highest BCUT2D eigenvalue weighted by Gasteiger charge is 2.08. The van der Waals surface area contributed by atoms with Crippen LogP contribution in [-0.2, 0) is 4.79 Å². The van der Waals surface area contributed by atoms with E-state index in [0.29, 0.717) is 22.1 Å². The molecule has 0 fully saturated rings. The third-order valence-electron chi connectivity index (χ3n) is 2.80. The van der Waals surface area contributed by atoms with E-state index in [1.54, 1.807) is 18.2 Å². The molecule has 21 heavy (non-hydrogen) atoms. The lowest BCUT2D eigenvalue weighted by molar-refractivity contribution is -0.118. The number of amides is 1. The average Bonchev–Trinajstić information content (AvgIpc) is 2.43. The molecular weight excluding hydrogens is 356 g/mol. The lowest BCUT2D eigenvalue weighted by Crippen LogP contribution is -2.21. The molecule has 4 nitrogen and oxygen atoms in total. The molecular formula is C15H14BrClN2O2. The molecule has 0 radical (unpaired) electrons. The Labute approximate surface area is 136 Å². The summed E-state index contributed by atoms with van der Waals surface area (Å²) in [6.07, 6.45) is 0. The molecule has 3 N–H and O–H groups in total. The summed E-state index contributed by atoms with van der Waals surface area (Å²) < 4.78 is 6.40. The first-order chi connectivity index (χ1) is 9.95. The van der Waals surface area contributed by atoms with Crippen LogP contribution >= 0.6 is 27.5 Å². The number of nitrogen functional groups attached to an aromatic ring is 1. The number of nitrogens with one attached hydrogen (secondary N) is 1. The van der Waals surface area contributed by atoms with E-state index >= 15 is 0 Å².